The molecule has 6 N–H and O–H groups in total. The van der Waals surface area contributed by atoms with Crippen molar-refractivity contribution in [3.8, 4) is 0 Å². The van der Waals surface area contributed by atoms with Crippen LogP contribution in [0, 0.1) is 0 Å². The molecule has 0 saturated carbocycles. The molecule has 0 saturated heterocycles. The molecule has 450 valence electrons. The average Bonchev–Trinajstić information content (AvgIpc) is 3.39. The molecule has 0 bridgehead atoms. The van der Waals surface area contributed by atoms with Gasteiger partial charge < -0.3 is 35.4 Å². The fourth-order valence-electron chi connectivity index (χ4n) is 7.70. The molecule has 1 unspecified atom stereocenters. The SMILES string of the molecule is CC(O)CO.CCCCCCCC(=O)O.CCCCCCCC(=O)O.CCCCCCCCCC(=O)O.CCCCCCCCCC(=O)O.CCCCCCCCCCCCCCCCCCOC(=O)c1ccccc1. The van der Waals surface area contributed by atoms with Gasteiger partial charge in [-0.25, -0.2) is 4.79 Å². The van der Waals surface area contributed by atoms with Crippen LogP contribution in [0.1, 0.15) is 334 Å². The third-order valence-electron chi connectivity index (χ3n) is 12.5. The lowest BCUT2D eigenvalue weighted by Crippen LogP contribution is -2.06. The van der Waals surface area contributed by atoms with E-state index in [1.54, 1.807) is 12.1 Å². The Hall–Kier alpha value is -3.51. The molecule has 1 rings (SSSR count). The van der Waals surface area contributed by atoms with E-state index in [1.165, 1.54) is 206 Å². The molecular formula is C64H122O12. The van der Waals surface area contributed by atoms with Gasteiger partial charge in [-0.3, -0.25) is 19.2 Å². The third kappa shape index (κ3) is 90.0. The van der Waals surface area contributed by atoms with Crippen LogP contribution in [-0.2, 0) is 23.9 Å². The number of ether oxygens (including phenoxy) is 1. The fourth-order valence-corrected chi connectivity index (χ4v) is 7.70. The van der Waals surface area contributed by atoms with E-state index in [0.29, 0.717) is 37.9 Å². The average molecular weight is 1080 g/mol. The number of aliphatic hydroxyl groups excluding tert-OH is 2. The number of carbonyl (C=O) groups excluding carboxylic acids is 1. The second-order valence-corrected chi connectivity index (χ2v) is 20.5. The molecule has 0 aliphatic heterocycles. The molecule has 1 atom stereocenters. The van der Waals surface area contributed by atoms with Gasteiger partial charge in [-0.05, 0) is 51.2 Å². The zero-order valence-electron chi connectivity index (χ0n) is 50.1. The Labute approximate surface area is 466 Å². The summed E-state index contributed by atoms with van der Waals surface area (Å²) in [6.07, 6.45) is 50.2. The lowest BCUT2D eigenvalue weighted by atomic mass is 10.0. The highest BCUT2D eigenvalue weighted by Gasteiger charge is 2.05. The summed E-state index contributed by atoms with van der Waals surface area (Å²) in [6.45, 7) is 12.9. The van der Waals surface area contributed by atoms with Gasteiger partial charge in [0.2, 0.25) is 0 Å². The Bertz CT molecular complexity index is 1250. The van der Waals surface area contributed by atoms with E-state index in [4.69, 9.17) is 35.4 Å². The Kier molecular flexibility index (Phi) is 78.7. The van der Waals surface area contributed by atoms with Gasteiger partial charge in [0.1, 0.15) is 0 Å². The standard InChI is InChI=1S/C25H42O2.2C10H20O2.2C8H16O2.C3H8O2/c1-2-3-4-5-6-7-8-9-10-11-12-13-14-15-16-20-23-27-25(26)24-21-18-17-19-22-24;2*1-2-3-4-5-6-7-8-9-10(11)12;2*1-2-3-4-5-6-7-8(9)10;1-3(5)2-4/h17-19,21-22H,2-16,20,23H2,1H3;2*2-9H2,1H3,(H,11,12);2*2-7H2,1H3,(H,9,10);3-5H,2H2,1H3. The summed E-state index contributed by atoms with van der Waals surface area (Å²) in [5, 5.41) is 49.3. The number of hydrogen-bond donors (Lipinski definition) is 6. The summed E-state index contributed by atoms with van der Waals surface area (Å²) in [7, 11) is 0. The number of benzene rings is 1. The zero-order valence-corrected chi connectivity index (χ0v) is 50.1. The normalized spacial score (nSPS) is 10.6. The number of esters is 1. The molecule has 0 aromatic heterocycles. The summed E-state index contributed by atoms with van der Waals surface area (Å²) in [4.78, 5) is 52.1. The molecule has 0 aliphatic rings. The highest BCUT2D eigenvalue weighted by atomic mass is 16.5. The molecule has 0 spiro atoms. The van der Waals surface area contributed by atoms with E-state index >= 15 is 0 Å². The van der Waals surface area contributed by atoms with Gasteiger partial charge in [-0.15, -0.1) is 0 Å². The number of aliphatic carboxylic acids is 4. The highest BCUT2D eigenvalue weighted by Crippen LogP contribution is 2.15. The summed E-state index contributed by atoms with van der Waals surface area (Å²) in [5.74, 6) is -2.86. The first kappa shape index (κ1) is 81.3. The van der Waals surface area contributed by atoms with E-state index in [0.717, 1.165) is 57.8 Å². The van der Waals surface area contributed by atoms with Crippen molar-refractivity contribution in [2.24, 2.45) is 0 Å². The summed E-state index contributed by atoms with van der Waals surface area (Å²) in [5.41, 5.74) is 0.647. The van der Waals surface area contributed by atoms with Crippen LogP contribution in [-0.4, -0.2) is 79.8 Å². The van der Waals surface area contributed by atoms with Crippen LogP contribution >= 0.6 is 0 Å². The molecule has 0 aliphatic carbocycles. The van der Waals surface area contributed by atoms with Crippen LogP contribution < -0.4 is 0 Å². The molecule has 0 amide bonds. The van der Waals surface area contributed by atoms with E-state index < -0.39 is 30.0 Å². The molecule has 1 aromatic rings. The van der Waals surface area contributed by atoms with Crippen molar-refractivity contribution >= 4 is 29.8 Å². The molecule has 1 aromatic carbocycles. The Morgan fingerprint density at radius 2 is 0.553 bits per heavy atom. The van der Waals surface area contributed by atoms with Crippen molar-refractivity contribution in [3.63, 3.8) is 0 Å². The zero-order chi connectivity index (χ0) is 57.8. The van der Waals surface area contributed by atoms with Gasteiger partial charge in [0.15, 0.2) is 0 Å². The monoisotopic (exact) mass is 1080 g/mol. The maximum Gasteiger partial charge on any atom is 0.338 e. The van der Waals surface area contributed by atoms with E-state index in [2.05, 4.69) is 34.6 Å². The topological polar surface area (TPSA) is 216 Å². The quantitative estimate of drug-likeness (QED) is 0.0266. The van der Waals surface area contributed by atoms with Gasteiger partial charge in [-0.1, -0.05) is 278 Å². The van der Waals surface area contributed by atoms with Crippen LogP contribution in [0.4, 0.5) is 0 Å². The predicted molar refractivity (Wildman–Crippen MR) is 318 cm³/mol. The lowest BCUT2D eigenvalue weighted by molar-refractivity contribution is -0.138. The van der Waals surface area contributed by atoms with Crippen LogP contribution in [0.5, 0.6) is 0 Å². The summed E-state index contributed by atoms with van der Waals surface area (Å²) >= 11 is 0. The van der Waals surface area contributed by atoms with Gasteiger partial charge in [-0.2, -0.15) is 0 Å². The minimum Gasteiger partial charge on any atom is -0.481 e. The first-order valence-electron chi connectivity index (χ1n) is 31.1. The number of rotatable bonds is 47. The lowest BCUT2D eigenvalue weighted by Gasteiger charge is -2.05. The third-order valence-corrected chi connectivity index (χ3v) is 12.5. The number of unbranched alkanes of at least 4 members (excludes halogenated alkanes) is 35. The van der Waals surface area contributed by atoms with Crippen LogP contribution in [0.2, 0.25) is 0 Å². The molecule has 76 heavy (non-hydrogen) atoms. The van der Waals surface area contributed by atoms with Crippen molar-refractivity contribution < 1.29 is 59.3 Å². The molecule has 0 radical (unpaired) electrons. The summed E-state index contributed by atoms with van der Waals surface area (Å²) < 4.78 is 5.31. The van der Waals surface area contributed by atoms with Crippen LogP contribution in [0.15, 0.2) is 30.3 Å². The number of carboxylic acid groups (broad SMARTS) is 4. The number of aliphatic hydroxyl groups is 2. The molecule has 12 heteroatoms. The minimum absolute atomic E-state index is 0.139. The highest BCUT2D eigenvalue weighted by molar-refractivity contribution is 5.89. The Balaban J connectivity index is -0.000000290. The second-order valence-electron chi connectivity index (χ2n) is 20.5. The van der Waals surface area contributed by atoms with Crippen molar-refractivity contribution in [3.05, 3.63) is 35.9 Å². The predicted octanol–water partition coefficient (Wildman–Crippen LogP) is 18.8. The van der Waals surface area contributed by atoms with E-state index in [-0.39, 0.29) is 12.6 Å². The maximum absolute atomic E-state index is 11.8. The number of hydrogen-bond acceptors (Lipinski definition) is 8. The smallest absolute Gasteiger partial charge is 0.338 e. The van der Waals surface area contributed by atoms with Crippen molar-refractivity contribution in [1.82, 2.24) is 0 Å². The minimum atomic E-state index is -0.670. The van der Waals surface area contributed by atoms with Crippen LogP contribution in [0.25, 0.3) is 0 Å². The molecule has 0 fully saturated rings. The van der Waals surface area contributed by atoms with Gasteiger partial charge in [0, 0.05) is 25.7 Å². The Morgan fingerprint density at radius 3 is 0.750 bits per heavy atom. The molecular weight excluding hydrogens is 961 g/mol. The maximum atomic E-state index is 11.8. The first-order valence-corrected chi connectivity index (χ1v) is 31.1. The van der Waals surface area contributed by atoms with Crippen molar-refractivity contribution in [2.75, 3.05) is 13.2 Å². The van der Waals surface area contributed by atoms with Crippen molar-refractivity contribution in [1.29, 1.82) is 0 Å². The van der Waals surface area contributed by atoms with Crippen molar-refractivity contribution in [2.45, 2.75) is 330 Å². The van der Waals surface area contributed by atoms with E-state index in [1.807, 2.05) is 18.2 Å². The fraction of sp³-hybridized carbons (Fsp3) is 0.828. The first-order chi connectivity index (χ1) is 36.7. The van der Waals surface area contributed by atoms with Gasteiger partial charge in [0.05, 0.1) is 24.9 Å². The van der Waals surface area contributed by atoms with E-state index in [9.17, 15) is 24.0 Å². The van der Waals surface area contributed by atoms with Gasteiger partial charge in [0.25, 0.3) is 0 Å². The van der Waals surface area contributed by atoms with Crippen LogP contribution in [0.3, 0.4) is 0 Å². The largest absolute Gasteiger partial charge is 0.481 e. The summed E-state index contributed by atoms with van der Waals surface area (Å²) in [6, 6.07) is 9.24. The number of carboxylic acids is 4. The van der Waals surface area contributed by atoms with Gasteiger partial charge >= 0.3 is 29.8 Å². The molecule has 12 nitrogen and oxygen atoms in total. The molecule has 0 heterocycles. The number of carbonyl (C=O) groups is 5. The Morgan fingerprint density at radius 1 is 0.355 bits per heavy atom. The second kappa shape index (κ2) is 73.6.